The molecule has 1 aliphatic heterocycles. The van der Waals surface area contributed by atoms with Crippen LogP contribution >= 0.6 is 12.4 Å². The number of rotatable bonds is 4. The molecular formula is C16H32ClN3O. The van der Waals surface area contributed by atoms with E-state index in [0.717, 1.165) is 19.0 Å². The highest BCUT2D eigenvalue weighted by molar-refractivity contribution is 5.85. The van der Waals surface area contributed by atoms with Crippen molar-refractivity contribution in [3.05, 3.63) is 0 Å². The zero-order valence-electron chi connectivity index (χ0n) is 13.8. The molecule has 1 amide bonds. The van der Waals surface area contributed by atoms with Crippen molar-refractivity contribution < 1.29 is 4.79 Å². The largest absolute Gasteiger partial charge is 0.342 e. The molecule has 1 saturated heterocycles. The molecule has 2 aliphatic rings. The van der Waals surface area contributed by atoms with Gasteiger partial charge in [-0.2, -0.15) is 0 Å². The van der Waals surface area contributed by atoms with Crippen molar-refractivity contribution in [1.82, 2.24) is 15.1 Å². The fourth-order valence-corrected chi connectivity index (χ4v) is 3.57. The molecule has 0 spiro atoms. The van der Waals surface area contributed by atoms with Gasteiger partial charge >= 0.3 is 0 Å². The molecule has 4 nitrogen and oxygen atoms in total. The average Bonchev–Trinajstić information content (AvgIpc) is 2.47. The molecule has 1 heterocycles. The lowest BCUT2D eigenvalue weighted by Crippen LogP contribution is -2.50. The van der Waals surface area contributed by atoms with Crippen LogP contribution < -0.4 is 5.32 Å². The van der Waals surface area contributed by atoms with Crippen LogP contribution in [0.1, 0.15) is 45.4 Å². The average molecular weight is 318 g/mol. The SMILES string of the molecule is CNC1CCCN(CC(=O)N(C)C2CCC(C)CC2)C1.Cl. The van der Waals surface area contributed by atoms with E-state index in [-0.39, 0.29) is 12.4 Å². The van der Waals surface area contributed by atoms with Gasteiger partial charge in [-0.3, -0.25) is 9.69 Å². The van der Waals surface area contributed by atoms with Gasteiger partial charge in [-0.25, -0.2) is 0 Å². The lowest BCUT2D eigenvalue weighted by atomic mass is 9.87. The number of hydrogen-bond acceptors (Lipinski definition) is 3. The molecule has 2 rings (SSSR count). The van der Waals surface area contributed by atoms with Gasteiger partial charge in [0.1, 0.15) is 0 Å². The van der Waals surface area contributed by atoms with Crippen molar-refractivity contribution >= 4 is 18.3 Å². The first-order chi connectivity index (χ1) is 9.60. The van der Waals surface area contributed by atoms with E-state index in [4.69, 9.17) is 0 Å². The molecule has 1 saturated carbocycles. The van der Waals surface area contributed by atoms with Crippen LogP contribution in [-0.4, -0.2) is 61.5 Å². The van der Waals surface area contributed by atoms with E-state index in [1.165, 1.54) is 38.5 Å². The first-order valence-electron chi connectivity index (χ1n) is 8.25. The van der Waals surface area contributed by atoms with Crippen molar-refractivity contribution in [2.75, 3.05) is 33.7 Å². The zero-order valence-corrected chi connectivity index (χ0v) is 14.6. The minimum absolute atomic E-state index is 0. The Balaban J connectivity index is 0.00000220. The summed E-state index contributed by atoms with van der Waals surface area (Å²) >= 11 is 0. The second-order valence-corrected chi connectivity index (χ2v) is 6.78. The smallest absolute Gasteiger partial charge is 0.236 e. The third-order valence-corrected chi connectivity index (χ3v) is 5.20. The Bertz CT molecular complexity index is 319. The predicted molar refractivity (Wildman–Crippen MR) is 90.0 cm³/mol. The molecule has 2 fully saturated rings. The van der Waals surface area contributed by atoms with E-state index in [2.05, 4.69) is 17.1 Å². The van der Waals surface area contributed by atoms with E-state index in [1.54, 1.807) is 0 Å². The number of likely N-dealkylation sites (tertiary alicyclic amines) is 1. The van der Waals surface area contributed by atoms with E-state index in [0.29, 0.717) is 24.5 Å². The Morgan fingerprint density at radius 2 is 1.90 bits per heavy atom. The van der Waals surface area contributed by atoms with Gasteiger partial charge in [-0.05, 0) is 58.0 Å². The van der Waals surface area contributed by atoms with Gasteiger partial charge in [-0.1, -0.05) is 6.92 Å². The summed E-state index contributed by atoms with van der Waals surface area (Å²) in [7, 11) is 4.02. The van der Waals surface area contributed by atoms with Gasteiger partial charge in [-0.15, -0.1) is 12.4 Å². The van der Waals surface area contributed by atoms with Crippen LogP contribution in [0.5, 0.6) is 0 Å². The maximum atomic E-state index is 12.5. The van der Waals surface area contributed by atoms with Gasteiger partial charge in [0, 0.05) is 25.7 Å². The van der Waals surface area contributed by atoms with Crippen LogP contribution in [0.4, 0.5) is 0 Å². The van der Waals surface area contributed by atoms with E-state index < -0.39 is 0 Å². The number of likely N-dealkylation sites (N-methyl/N-ethyl adjacent to an activating group) is 2. The van der Waals surface area contributed by atoms with E-state index >= 15 is 0 Å². The molecule has 0 aromatic carbocycles. The van der Waals surface area contributed by atoms with Crippen LogP contribution in [0.2, 0.25) is 0 Å². The fraction of sp³-hybridized carbons (Fsp3) is 0.938. The maximum absolute atomic E-state index is 12.5. The quantitative estimate of drug-likeness (QED) is 0.863. The molecule has 1 unspecified atom stereocenters. The monoisotopic (exact) mass is 317 g/mol. The Hall–Kier alpha value is -0.320. The number of hydrogen-bond donors (Lipinski definition) is 1. The maximum Gasteiger partial charge on any atom is 0.236 e. The topological polar surface area (TPSA) is 35.6 Å². The van der Waals surface area contributed by atoms with Crippen LogP contribution in [0.3, 0.4) is 0 Å². The van der Waals surface area contributed by atoms with Crippen molar-refractivity contribution in [2.24, 2.45) is 5.92 Å². The highest BCUT2D eigenvalue weighted by Gasteiger charge is 2.27. The number of nitrogens with zero attached hydrogens (tertiary/aromatic N) is 2. The molecule has 1 aliphatic carbocycles. The number of amides is 1. The van der Waals surface area contributed by atoms with Crippen molar-refractivity contribution in [3.63, 3.8) is 0 Å². The van der Waals surface area contributed by atoms with Crippen LogP contribution in [0.25, 0.3) is 0 Å². The van der Waals surface area contributed by atoms with Crippen molar-refractivity contribution in [2.45, 2.75) is 57.5 Å². The third kappa shape index (κ3) is 5.42. The summed E-state index contributed by atoms with van der Waals surface area (Å²) in [5.74, 6) is 1.15. The second-order valence-electron chi connectivity index (χ2n) is 6.78. The summed E-state index contributed by atoms with van der Waals surface area (Å²) in [6.07, 6.45) is 7.34. The Morgan fingerprint density at radius 1 is 1.24 bits per heavy atom. The van der Waals surface area contributed by atoms with Gasteiger partial charge in [0.2, 0.25) is 5.91 Å². The first-order valence-corrected chi connectivity index (χ1v) is 8.25. The van der Waals surface area contributed by atoms with Crippen LogP contribution in [0, 0.1) is 5.92 Å². The predicted octanol–water partition coefficient (Wildman–Crippen LogP) is 2.13. The molecule has 5 heteroatoms. The molecule has 124 valence electrons. The number of halogens is 1. The van der Waals surface area contributed by atoms with Gasteiger partial charge in [0.15, 0.2) is 0 Å². The fourth-order valence-electron chi connectivity index (χ4n) is 3.57. The van der Waals surface area contributed by atoms with Gasteiger partial charge in [0.05, 0.1) is 6.54 Å². The van der Waals surface area contributed by atoms with Crippen LogP contribution in [0.15, 0.2) is 0 Å². The number of carbonyl (C=O) groups is 1. The molecule has 0 radical (unpaired) electrons. The lowest BCUT2D eigenvalue weighted by molar-refractivity contribution is -0.134. The Morgan fingerprint density at radius 3 is 2.52 bits per heavy atom. The molecule has 0 aromatic rings. The lowest BCUT2D eigenvalue weighted by Gasteiger charge is -2.36. The van der Waals surface area contributed by atoms with E-state index in [1.807, 2.05) is 19.0 Å². The Labute approximate surface area is 136 Å². The normalized spacial score (nSPS) is 30.5. The molecule has 0 aromatic heterocycles. The first kappa shape index (κ1) is 18.7. The third-order valence-electron chi connectivity index (χ3n) is 5.20. The van der Waals surface area contributed by atoms with Crippen molar-refractivity contribution in [3.8, 4) is 0 Å². The molecule has 0 bridgehead atoms. The summed E-state index contributed by atoms with van der Waals surface area (Å²) < 4.78 is 0. The zero-order chi connectivity index (χ0) is 14.5. The number of piperidine rings is 1. The summed E-state index contributed by atoms with van der Waals surface area (Å²) in [6, 6.07) is 1.03. The minimum Gasteiger partial charge on any atom is -0.342 e. The standard InChI is InChI=1S/C16H31N3O.ClH/c1-13-6-8-15(9-7-13)18(3)16(20)12-19-10-4-5-14(11-19)17-2;/h13-15,17H,4-12H2,1-3H3;1H. The molecule has 1 N–H and O–H groups in total. The summed E-state index contributed by atoms with van der Waals surface area (Å²) in [5, 5.41) is 3.34. The highest BCUT2D eigenvalue weighted by atomic mass is 35.5. The molecule has 21 heavy (non-hydrogen) atoms. The molecule has 1 atom stereocenters. The summed E-state index contributed by atoms with van der Waals surface area (Å²) in [5.41, 5.74) is 0. The number of nitrogens with one attached hydrogen (secondary N) is 1. The number of carbonyl (C=O) groups excluding carboxylic acids is 1. The summed E-state index contributed by atoms with van der Waals surface area (Å²) in [6.45, 7) is 5.00. The van der Waals surface area contributed by atoms with E-state index in [9.17, 15) is 4.79 Å². The van der Waals surface area contributed by atoms with Gasteiger partial charge < -0.3 is 10.2 Å². The van der Waals surface area contributed by atoms with Crippen molar-refractivity contribution in [1.29, 1.82) is 0 Å². The summed E-state index contributed by atoms with van der Waals surface area (Å²) in [4.78, 5) is 16.8. The Kier molecular flexibility index (Phi) is 7.99. The minimum atomic E-state index is 0. The van der Waals surface area contributed by atoms with Crippen LogP contribution in [-0.2, 0) is 4.79 Å². The second kappa shape index (κ2) is 8.96. The van der Waals surface area contributed by atoms with Gasteiger partial charge in [0.25, 0.3) is 0 Å². The highest BCUT2D eigenvalue weighted by Crippen LogP contribution is 2.26. The molecular weight excluding hydrogens is 286 g/mol.